The molecule has 0 heterocycles. The third kappa shape index (κ3) is 7.47. The molecule has 0 saturated heterocycles. The summed E-state index contributed by atoms with van der Waals surface area (Å²) in [5.41, 5.74) is 3.33. The molecule has 32 heavy (non-hydrogen) atoms. The standard InChI is InChI=1S/C26H29N3O3/c1-2-25(30)28-21-13-8-14-22(18-21)29-26(31)19-27-23-15-6-7-16-24(23)32-17-9-12-20-10-4-3-5-11-20/h3-8,10-11,13-16,18,27H,2,9,12,17,19H2,1H3,(H,28,30)(H,29,31). The van der Waals surface area contributed by atoms with Crippen molar-refractivity contribution in [1.29, 1.82) is 0 Å². The van der Waals surface area contributed by atoms with Crippen LogP contribution in [0.1, 0.15) is 25.3 Å². The SMILES string of the molecule is CCC(=O)Nc1cccc(NC(=O)CNc2ccccc2OCCCc2ccccc2)c1. The smallest absolute Gasteiger partial charge is 0.243 e. The molecule has 0 atom stereocenters. The highest BCUT2D eigenvalue weighted by Crippen LogP contribution is 2.24. The molecule has 0 aliphatic heterocycles. The van der Waals surface area contributed by atoms with E-state index in [1.165, 1.54) is 5.56 Å². The molecule has 0 spiro atoms. The molecule has 6 nitrogen and oxygen atoms in total. The van der Waals surface area contributed by atoms with Crippen LogP contribution in [0, 0.1) is 0 Å². The van der Waals surface area contributed by atoms with E-state index in [9.17, 15) is 9.59 Å². The number of ether oxygens (including phenoxy) is 1. The Morgan fingerprint density at radius 2 is 1.50 bits per heavy atom. The van der Waals surface area contributed by atoms with Gasteiger partial charge in [0, 0.05) is 17.8 Å². The lowest BCUT2D eigenvalue weighted by molar-refractivity contribution is -0.116. The second kappa shape index (κ2) is 12.2. The molecule has 6 heteroatoms. The van der Waals surface area contributed by atoms with Gasteiger partial charge in [-0.05, 0) is 48.7 Å². The summed E-state index contributed by atoms with van der Waals surface area (Å²) in [4.78, 5) is 24.0. The van der Waals surface area contributed by atoms with Crippen LogP contribution in [0.2, 0.25) is 0 Å². The minimum atomic E-state index is -0.192. The number of aryl methyl sites for hydroxylation is 1. The quantitative estimate of drug-likeness (QED) is 0.369. The van der Waals surface area contributed by atoms with Gasteiger partial charge < -0.3 is 20.7 Å². The third-order valence-electron chi connectivity index (χ3n) is 4.79. The van der Waals surface area contributed by atoms with Crippen LogP contribution in [0.3, 0.4) is 0 Å². The van der Waals surface area contributed by atoms with E-state index in [0.29, 0.717) is 24.4 Å². The molecule has 0 saturated carbocycles. The number of para-hydroxylation sites is 2. The minimum Gasteiger partial charge on any atom is -0.491 e. The molecule has 0 fully saturated rings. The second-order valence-corrected chi connectivity index (χ2v) is 7.32. The molecule has 0 aliphatic carbocycles. The number of benzene rings is 3. The number of carbonyl (C=O) groups excluding carboxylic acids is 2. The Labute approximate surface area is 189 Å². The lowest BCUT2D eigenvalue weighted by atomic mass is 10.1. The van der Waals surface area contributed by atoms with Gasteiger partial charge in [-0.3, -0.25) is 9.59 Å². The number of amides is 2. The zero-order chi connectivity index (χ0) is 22.6. The molecule has 166 valence electrons. The van der Waals surface area contributed by atoms with Crippen LogP contribution in [0.15, 0.2) is 78.9 Å². The van der Waals surface area contributed by atoms with Crippen LogP contribution in [0.5, 0.6) is 5.75 Å². The molecular formula is C26H29N3O3. The average Bonchev–Trinajstić information content (AvgIpc) is 2.82. The van der Waals surface area contributed by atoms with E-state index < -0.39 is 0 Å². The summed E-state index contributed by atoms with van der Waals surface area (Å²) >= 11 is 0. The van der Waals surface area contributed by atoms with Gasteiger partial charge in [-0.15, -0.1) is 0 Å². The van der Waals surface area contributed by atoms with Crippen molar-refractivity contribution >= 4 is 28.9 Å². The molecule has 3 aromatic rings. The zero-order valence-electron chi connectivity index (χ0n) is 18.3. The molecule has 3 aromatic carbocycles. The van der Waals surface area contributed by atoms with Crippen molar-refractivity contribution < 1.29 is 14.3 Å². The number of nitrogens with one attached hydrogen (secondary N) is 3. The van der Waals surface area contributed by atoms with Gasteiger partial charge in [0.05, 0.1) is 18.8 Å². The Morgan fingerprint density at radius 3 is 2.25 bits per heavy atom. The van der Waals surface area contributed by atoms with Gasteiger partial charge in [0.15, 0.2) is 0 Å². The Kier molecular flexibility index (Phi) is 8.69. The topological polar surface area (TPSA) is 79.5 Å². The van der Waals surface area contributed by atoms with Gasteiger partial charge in [-0.2, -0.15) is 0 Å². The lowest BCUT2D eigenvalue weighted by Gasteiger charge is -2.14. The molecule has 0 aromatic heterocycles. The van der Waals surface area contributed by atoms with Crippen LogP contribution in [-0.2, 0) is 16.0 Å². The van der Waals surface area contributed by atoms with Crippen molar-refractivity contribution in [1.82, 2.24) is 0 Å². The fraction of sp³-hybridized carbons (Fsp3) is 0.231. The summed E-state index contributed by atoms with van der Waals surface area (Å²) in [5.74, 6) is 0.455. The fourth-order valence-corrected chi connectivity index (χ4v) is 3.15. The summed E-state index contributed by atoms with van der Waals surface area (Å²) in [6, 6.07) is 25.0. The van der Waals surface area contributed by atoms with Gasteiger partial charge in [-0.25, -0.2) is 0 Å². The van der Waals surface area contributed by atoms with Crippen LogP contribution in [-0.4, -0.2) is 25.0 Å². The maximum atomic E-state index is 12.4. The van der Waals surface area contributed by atoms with Crippen LogP contribution in [0.4, 0.5) is 17.1 Å². The molecule has 0 radical (unpaired) electrons. The van der Waals surface area contributed by atoms with Gasteiger partial charge in [0.2, 0.25) is 11.8 Å². The summed E-state index contributed by atoms with van der Waals surface area (Å²) in [5, 5.41) is 8.76. The fourth-order valence-electron chi connectivity index (χ4n) is 3.15. The zero-order valence-corrected chi connectivity index (χ0v) is 18.3. The maximum Gasteiger partial charge on any atom is 0.243 e. The Balaban J connectivity index is 1.47. The van der Waals surface area contributed by atoms with E-state index >= 15 is 0 Å². The molecular weight excluding hydrogens is 402 g/mol. The van der Waals surface area contributed by atoms with Crippen molar-refractivity contribution in [2.45, 2.75) is 26.2 Å². The first-order valence-corrected chi connectivity index (χ1v) is 10.8. The number of anilines is 3. The Hall–Kier alpha value is -3.80. The minimum absolute atomic E-state index is 0.0736. The molecule has 3 rings (SSSR count). The van der Waals surface area contributed by atoms with Gasteiger partial charge in [0.1, 0.15) is 5.75 Å². The first-order chi connectivity index (χ1) is 15.6. The van der Waals surface area contributed by atoms with Crippen molar-refractivity contribution in [3.8, 4) is 5.75 Å². The van der Waals surface area contributed by atoms with Crippen molar-refractivity contribution in [3.63, 3.8) is 0 Å². The molecule has 0 unspecified atom stereocenters. The van der Waals surface area contributed by atoms with E-state index in [2.05, 4.69) is 28.1 Å². The van der Waals surface area contributed by atoms with Crippen molar-refractivity contribution in [2.24, 2.45) is 0 Å². The second-order valence-electron chi connectivity index (χ2n) is 7.32. The highest BCUT2D eigenvalue weighted by Gasteiger charge is 2.07. The first kappa shape index (κ1) is 22.9. The highest BCUT2D eigenvalue weighted by molar-refractivity contribution is 5.95. The number of carbonyl (C=O) groups is 2. The van der Waals surface area contributed by atoms with E-state index in [-0.39, 0.29) is 18.4 Å². The average molecular weight is 432 g/mol. The van der Waals surface area contributed by atoms with Gasteiger partial charge >= 0.3 is 0 Å². The van der Waals surface area contributed by atoms with E-state index in [4.69, 9.17) is 4.74 Å². The van der Waals surface area contributed by atoms with Crippen molar-refractivity contribution in [2.75, 3.05) is 29.1 Å². The first-order valence-electron chi connectivity index (χ1n) is 10.8. The largest absolute Gasteiger partial charge is 0.491 e. The molecule has 3 N–H and O–H groups in total. The van der Waals surface area contributed by atoms with Gasteiger partial charge in [0.25, 0.3) is 0 Å². The molecule has 2 amide bonds. The van der Waals surface area contributed by atoms with E-state index in [0.717, 1.165) is 24.3 Å². The summed E-state index contributed by atoms with van der Waals surface area (Å²) < 4.78 is 5.94. The highest BCUT2D eigenvalue weighted by atomic mass is 16.5. The predicted molar refractivity (Wildman–Crippen MR) is 129 cm³/mol. The maximum absolute atomic E-state index is 12.4. The number of hydrogen-bond acceptors (Lipinski definition) is 4. The summed E-state index contributed by atoms with van der Waals surface area (Å²) in [6.07, 6.45) is 2.26. The van der Waals surface area contributed by atoms with Crippen LogP contribution in [0.25, 0.3) is 0 Å². The summed E-state index contributed by atoms with van der Waals surface area (Å²) in [6.45, 7) is 2.48. The Morgan fingerprint density at radius 1 is 0.812 bits per heavy atom. The number of hydrogen-bond donors (Lipinski definition) is 3. The molecule has 0 bridgehead atoms. The summed E-state index contributed by atoms with van der Waals surface area (Å²) in [7, 11) is 0. The van der Waals surface area contributed by atoms with E-state index in [1.807, 2.05) is 42.5 Å². The lowest BCUT2D eigenvalue weighted by Crippen LogP contribution is -2.22. The Bertz CT molecular complexity index is 1020. The monoisotopic (exact) mass is 431 g/mol. The van der Waals surface area contributed by atoms with Crippen LogP contribution >= 0.6 is 0 Å². The molecule has 0 aliphatic rings. The predicted octanol–water partition coefficient (Wildman–Crippen LogP) is 5.10. The third-order valence-corrected chi connectivity index (χ3v) is 4.79. The van der Waals surface area contributed by atoms with E-state index in [1.54, 1.807) is 31.2 Å². The normalized spacial score (nSPS) is 10.3. The van der Waals surface area contributed by atoms with Crippen LogP contribution < -0.4 is 20.7 Å². The number of rotatable bonds is 11. The van der Waals surface area contributed by atoms with Crippen molar-refractivity contribution in [3.05, 3.63) is 84.4 Å². The van der Waals surface area contributed by atoms with Gasteiger partial charge in [-0.1, -0.05) is 55.5 Å².